The standard InChI is InChI=1S/C19H28/c1-13-6-8-16-15(13)10-11-18-17(16)9-7-14-5-3-4-12-19(14,18)2/h5,16-18H,3-4,6-12H2,1-2H3. The number of rotatable bonds is 0. The van der Waals surface area contributed by atoms with E-state index >= 15 is 0 Å². The molecule has 0 bridgehead atoms. The third-order valence-corrected chi connectivity index (χ3v) is 7.17. The first-order chi connectivity index (χ1) is 9.20. The summed E-state index contributed by atoms with van der Waals surface area (Å²) in [7, 11) is 0. The lowest BCUT2D eigenvalue weighted by Gasteiger charge is -2.54. The highest BCUT2D eigenvalue weighted by molar-refractivity contribution is 5.29. The molecule has 0 aromatic heterocycles. The first-order valence-electron chi connectivity index (χ1n) is 8.58. The minimum atomic E-state index is 0.586. The van der Waals surface area contributed by atoms with Gasteiger partial charge in [-0.3, -0.25) is 0 Å². The molecule has 0 nitrogen and oxygen atoms in total. The predicted molar refractivity (Wildman–Crippen MR) is 80.9 cm³/mol. The number of hydrogen-bond donors (Lipinski definition) is 0. The van der Waals surface area contributed by atoms with Crippen molar-refractivity contribution in [1.29, 1.82) is 0 Å². The van der Waals surface area contributed by atoms with Crippen LogP contribution in [0.3, 0.4) is 0 Å². The molecule has 4 aliphatic carbocycles. The van der Waals surface area contributed by atoms with Gasteiger partial charge in [0, 0.05) is 0 Å². The van der Waals surface area contributed by atoms with Crippen molar-refractivity contribution in [2.24, 2.45) is 23.2 Å². The van der Waals surface area contributed by atoms with Gasteiger partial charge in [0.2, 0.25) is 0 Å². The Labute approximate surface area is 118 Å². The van der Waals surface area contributed by atoms with Gasteiger partial charge in [0.1, 0.15) is 0 Å². The zero-order valence-corrected chi connectivity index (χ0v) is 12.7. The molecule has 4 aliphatic rings. The summed E-state index contributed by atoms with van der Waals surface area (Å²) in [5, 5.41) is 0. The topological polar surface area (TPSA) is 0 Å². The quantitative estimate of drug-likeness (QED) is 0.491. The lowest BCUT2D eigenvalue weighted by molar-refractivity contribution is 0.0428. The van der Waals surface area contributed by atoms with Gasteiger partial charge >= 0.3 is 0 Å². The molecule has 0 N–H and O–H groups in total. The highest BCUT2D eigenvalue weighted by Crippen LogP contribution is 2.61. The zero-order valence-electron chi connectivity index (χ0n) is 12.7. The molecule has 0 saturated heterocycles. The van der Waals surface area contributed by atoms with E-state index in [1.54, 1.807) is 5.57 Å². The van der Waals surface area contributed by atoms with E-state index in [0.717, 1.165) is 17.8 Å². The van der Waals surface area contributed by atoms with Crippen LogP contribution in [-0.4, -0.2) is 0 Å². The van der Waals surface area contributed by atoms with E-state index in [4.69, 9.17) is 0 Å². The van der Waals surface area contributed by atoms with Crippen LogP contribution in [0.2, 0.25) is 0 Å². The molecule has 0 spiro atoms. The molecule has 2 fully saturated rings. The monoisotopic (exact) mass is 256 g/mol. The second-order valence-corrected chi connectivity index (χ2v) is 7.84. The lowest BCUT2D eigenvalue weighted by Crippen LogP contribution is -2.45. The largest absolute Gasteiger partial charge is 0.0848 e. The first kappa shape index (κ1) is 12.2. The Bertz CT molecular complexity index is 453. The van der Waals surface area contributed by atoms with Crippen molar-refractivity contribution in [3.63, 3.8) is 0 Å². The third kappa shape index (κ3) is 1.64. The summed E-state index contributed by atoms with van der Waals surface area (Å²) >= 11 is 0. The SMILES string of the molecule is CC1=C2CCC3C(CCC4=CCCCC43C)C2CC1. The van der Waals surface area contributed by atoms with Gasteiger partial charge in [0.25, 0.3) is 0 Å². The van der Waals surface area contributed by atoms with E-state index in [0.29, 0.717) is 5.41 Å². The minimum Gasteiger partial charge on any atom is -0.0848 e. The molecular formula is C19H28. The van der Waals surface area contributed by atoms with E-state index in [-0.39, 0.29) is 0 Å². The molecule has 19 heavy (non-hydrogen) atoms. The molecule has 4 unspecified atom stereocenters. The molecule has 0 heterocycles. The Morgan fingerprint density at radius 2 is 2.00 bits per heavy atom. The van der Waals surface area contributed by atoms with Crippen molar-refractivity contribution in [3.8, 4) is 0 Å². The fourth-order valence-corrected chi connectivity index (χ4v) is 6.17. The van der Waals surface area contributed by atoms with Crippen LogP contribution in [0.1, 0.15) is 71.6 Å². The molecule has 0 heteroatoms. The summed E-state index contributed by atoms with van der Waals surface area (Å²) in [4.78, 5) is 0. The summed E-state index contributed by atoms with van der Waals surface area (Å²) in [6, 6.07) is 0. The van der Waals surface area contributed by atoms with Gasteiger partial charge < -0.3 is 0 Å². The van der Waals surface area contributed by atoms with Crippen molar-refractivity contribution in [3.05, 3.63) is 22.8 Å². The van der Waals surface area contributed by atoms with Crippen LogP contribution in [0.4, 0.5) is 0 Å². The fraction of sp³-hybridized carbons (Fsp3) is 0.789. The Kier molecular flexibility index (Phi) is 2.73. The zero-order chi connectivity index (χ0) is 13.0. The van der Waals surface area contributed by atoms with Gasteiger partial charge in [-0.15, -0.1) is 0 Å². The molecule has 4 rings (SSSR count). The second kappa shape index (κ2) is 4.24. The van der Waals surface area contributed by atoms with E-state index in [9.17, 15) is 0 Å². The summed E-state index contributed by atoms with van der Waals surface area (Å²) in [5.74, 6) is 3.02. The van der Waals surface area contributed by atoms with Crippen LogP contribution in [0.5, 0.6) is 0 Å². The molecule has 0 aromatic rings. The van der Waals surface area contributed by atoms with Gasteiger partial charge in [-0.05, 0) is 87.9 Å². The molecular weight excluding hydrogens is 228 g/mol. The molecule has 2 saturated carbocycles. The molecule has 0 radical (unpaired) electrons. The van der Waals surface area contributed by atoms with Crippen LogP contribution in [0.25, 0.3) is 0 Å². The van der Waals surface area contributed by atoms with Crippen LogP contribution in [0.15, 0.2) is 22.8 Å². The smallest absolute Gasteiger partial charge is 0.00851 e. The Hall–Kier alpha value is -0.520. The van der Waals surface area contributed by atoms with Crippen molar-refractivity contribution in [2.45, 2.75) is 71.6 Å². The maximum absolute atomic E-state index is 2.62. The Balaban J connectivity index is 1.69. The Morgan fingerprint density at radius 3 is 2.89 bits per heavy atom. The fourth-order valence-electron chi connectivity index (χ4n) is 6.17. The van der Waals surface area contributed by atoms with Crippen molar-refractivity contribution in [1.82, 2.24) is 0 Å². The first-order valence-corrected chi connectivity index (χ1v) is 8.58. The van der Waals surface area contributed by atoms with Crippen molar-refractivity contribution >= 4 is 0 Å². The average molecular weight is 256 g/mol. The highest BCUT2D eigenvalue weighted by atomic mass is 14.5. The third-order valence-electron chi connectivity index (χ3n) is 7.17. The van der Waals surface area contributed by atoms with Gasteiger partial charge in [-0.1, -0.05) is 29.7 Å². The van der Waals surface area contributed by atoms with Gasteiger partial charge in [-0.25, -0.2) is 0 Å². The van der Waals surface area contributed by atoms with E-state index in [1.165, 1.54) is 57.8 Å². The van der Waals surface area contributed by atoms with Crippen LogP contribution in [0, 0.1) is 23.2 Å². The average Bonchev–Trinajstić information content (AvgIpc) is 2.80. The van der Waals surface area contributed by atoms with Crippen LogP contribution in [-0.2, 0) is 0 Å². The van der Waals surface area contributed by atoms with Gasteiger partial charge in [-0.2, -0.15) is 0 Å². The molecule has 104 valence electrons. The summed E-state index contributed by atoms with van der Waals surface area (Å²) in [6.45, 7) is 5.03. The van der Waals surface area contributed by atoms with Crippen LogP contribution >= 0.6 is 0 Å². The maximum atomic E-state index is 2.62. The van der Waals surface area contributed by atoms with E-state index < -0.39 is 0 Å². The van der Waals surface area contributed by atoms with E-state index in [2.05, 4.69) is 19.9 Å². The second-order valence-electron chi connectivity index (χ2n) is 7.84. The molecule has 0 amide bonds. The van der Waals surface area contributed by atoms with Gasteiger partial charge in [0.15, 0.2) is 0 Å². The maximum Gasteiger partial charge on any atom is -0.00851 e. The number of allylic oxidation sites excluding steroid dienone is 4. The number of fused-ring (bicyclic) bond motifs is 5. The molecule has 0 aliphatic heterocycles. The Morgan fingerprint density at radius 1 is 1.11 bits per heavy atom. The molecule has 0 aromatic carbocycles. The lowest BCUT2D eigenvalue weighted by atomic mass is 9.50. The predicted octanol–water partition coefficient (Wildman–Crippen LogP) is 5.65. The summed E-state index contributed by atoms with van der Waals surface area (Å²) < 4.78 is 0. The van der Waals surface area contributed by atoms with Gasteiger partial charge in [0.05, 0.1) is 0 Å². The van der Waals surface area contributed by atoms with Crippen molar-refractivity contribution < 1.29 is 0 Å². The summed E-state index contributed by atoms with van der Waals surface area (Å²) in [6.07, 6.45) is 15.6. The minimum absolute atomic E-state index is 0.586. The summed E-state index contributed by atoms with van der Waals surface area (Å²) in [5.41, 5.74) is 6.09. The van der Waals surface area contributed by atoms with Crippen molar-refractivity contribution in [2.75, 3.05) is 0 Å². The van der Waals surface area contributed by atoms with Crippen LogP contribution < -0.4 is 0 Å². The number of hydrogen-bond acceptors (Lipinski definition) is 0. The molecule has 4 atom stereocenters. The highest BCUT2D eigenvalue weighted by Gasteiger charge is 2.50. The van der Waals surface area contributed by atoms with E-state index in [1.807, 2.05) is 11.1 Å². The normalized spacial score (nSPS) is 45.4.